The molecule has 0 bridgehead atoms. The Morgan fingerprint density at radius 3 is 2.76 bits per heavy atom. The monoisotopic (exact) mass is 278 g/mol. The number of benzene rings is 2. The first-order valence-corrected chi connectivity index (χ1v) is 6.44. The van der Waals surface area contributed by atoms with Gasteiger partial charge in [-0.05, 0) is 42.5 Å². The number of aromatic nitrogens is 1. The van der Waals surface area contributed by atoms with Crippen LogP contribution in [0, 0.1) is 0 Å². The van der Waals surface area contributed by atoms with Crippen LogP contribution in [0.1, 0.15) is 10.4 Å². The highest BCUT2D eigenvalue weighted by molar-refractivity contribution is 5.95. The molecule has 0 unspecified atom stereocenters. The fourth-order valence-corrected chi connectivity index (χ4v) is 2.13. The van der Waals surface area contributed by atoms with E-state index in [4.69, 9.17) is 11.5 Å². The van der Waals surface area contributed by atoms with E-state index in [0.29, 0.717) is 16.9 Å². The molecule has 0 spiro atoms. The van der Waals surface area contributed by atoms with Crippen LogP contribution in [0.5, 0.6) is 0 Å². The first-order valence-electron chi connectivity index (χ1n) is 6.44. The van der Waals surface area contributed by atoms with Crippen molar-refractivity contribution >= 4 is 33.9 Å². The highest BCUT2D eigenvalue weighted by Gasteiger charge is 2.06. The van der Waals surface area contributed by atoms with Crippen molar-refractivity contribution in [3.63, 3.8) is 0 Å². The van der Waals surface area contributed by atoms with E-state index in [1.54, 1.807) is 24.4 Å². The van der Waals surface area contributed by atoms with Crippen LogP contribution in [0.4, 0.5) is 17.1 Å². The molecule has 5 N–H and O–H groups in total. The maximum atomic E-state index is 11.2. The van der Waals surface area contributed by atoms with Crippen molar-refractivity contribution in [1.82, 2.24) is 4.98 Å². The summed E-state index contributed by atoms with van der Waals surface area (Å²) < 4.78 is 0. The molecule has 1 aromatic heterocycles. The number of amides is 1. The Balaban J connectivity index is 1.98. The number of fused-ring (bicyclic) bond motifs is 1. The quantitative estimate of drug-likeness (QED) is 0.642. The average Bonchev–Trinajstić information content (AvgIpc) is 2.49. The highest BCUT2D eigenvalue weighted by atomic mass is 16.1. The molecular formula is C16H14N4O. The molecule has 0 radical (unpaired) electrons. The normalized spacial score (nSPS) is 10.5. The number of carbonyl (C=O) groups is 1. The van der Waals surface area contributed by atoms with Crippen molar-refractivity contribution in [1.29, 1.82) is 0 Å². The molecule has 21 heavy (non-hydrogen) atoms. The summed E-state index contributed by atoms with van der Waals surface area (Å²) >= 11 is 0. The number of hydrogen-bond acceptors (Lipinski definition) is 4. The topological polar surface area (TPSA) is 94.0 Å². The summed E-state index contributed by atoms with van der Waals surface area (Å²) in [4.78, 5) is 15.5. The van der Waals surface area contributed by atoms with Gasteiger partial charge in [-0.2, -0.15) is 0 Å². The zero-order chi connectivity index (χ0) is 14.8. The number of nitrogens with one attached hydrogen (secondary N) is 1. The Labute approximate surface area is 121 Å². The number of nitrogen functional groups attached to an aromatic ring is 1. The predicted octanol–water partition coefficient (Wildman–Crippen LogP) is 2.66. The van der Waals surface area contributed by atoms with Crippen LogP contribution in [-0.4, -0.2) is 10.9 Å². The summed E-state index contributed by atoms with van der Waals surface area (Å²) in [6.07, 6.45) is 1.75. The largest absolute Gasteiger partial charge is 0.397 e. The van der Waals surface area contributed by atoms with Crippen LogP contribution in [0.15, 0.2) is 54.7 Å². The third kappa shape index (κ3) is 2.62. The first-order chi connectivity index (χ1) is 10.1. The maximum Gasteiger partial charge on any atom is 0.248 e. The molecule has 3 aromatic rings. The second-order valence-electron chi connectivity index (χ2n) is 4.70. The summed E-state index contributed by atoms with van der Waals surface area (Å²) in [5.41, 5.74) is 14.6. The van der Waals surface area contributed by atoms with E-state index in [0.717, 1.165) is 16.6 Å². The first kappa shape index (κ1) is 12.9. The van der Waals surface area contributed by atoms with Gasteiger partial charge < -0.3 is 16.8 Å². The molecule has 1 amide bonds. The third-order valence-electron chi connectivity index (χ3n) is 3.22. The average molecular weight is 278 g/mol. The Morgan fingerprint density at radius 2 is 1.95 bits per heavy atom. The molecule has 0 atom stereocenters. The van der Waals surface area contributed by atoms with Gasteiger partial charge in [0.1, 0.15) is 0 Å². The standard InChI is InChI=1S/C16H14N4O/c17-13-5-3-11(16(18)21)9-15(13)20-12-4-6-14-10(8-12)2-1-7-19-14/h1-9,20H,17H2,(H2,18,21). The Kier molecular flexibility index (Phi) is 3.16. The molecule has 0 aliphatic heterocycles. The van der Waals surface area contributed by atoms with E-state index in [2.05, 4.69) is 10.3 Å². The number of rotatable bonds is 3. The van der Waals surface area contributed by atoms with E-state index in [1.165, 1.54) is 0 Å². The number of carbonyl (C=O) groups excluding carboxylic acids is 1. The number of nitrogens with two attached hydrogens (primary N) is 2. The number of nitrogens with zero attached hydrogens (tertiary/aromatic N) is 1. The minimum absolute atomic E-state index is 0.411. The highest BCUT2D eigenvalue weighted by Crippen LogP contribution is 2.26. The van der Waals surface area contributed by atoms with Crippen LogP contribution < -0.4 is 16.8 Å². The van der Waals surface area contributed by atoms with Gasteiger partial charge in [-0.3, -0.25) is 9.78 Å². The minimum Gasteiger partial charge on any atom is -0.397 e. The molecule has 2 aromatic carbocycles. The number of anilines is 3. The van der Waals surface area contributed by atoms with Gasteiger partial charge in [0, 0.05) is 22.8 Å². The van der Waals surface area contributed by atoms with Crippen molar-refractivity contribution in [3.05, 3.63) is 60.3 Å². The van der Waals surface area contributed by atoms with E-state index >= 15 is 0 Å². The van der Waals surface area contributed by atoms with Crippen molar-refractivity contribution < 1.29 is 4.79 Å². The van der Waals surface area contributed by atoms with Crippen molar-refractivity contribution in [2.45, 2.75) is 0 Å². The van der Waals surface area contributed by atoms with Crippen molar-refractivity contribution in [3.8, 4) is 0 Å². The van der Waals surface area contributed by atoms with Crippen LogP contribution >= 0.6 is 0 Å². The number of pyridine rings is 1. The van der Waals surface area contributed by atoms with E-state index in [1.807, 2.05) is 30.3 Å². The summed E-state index contributed by atoms with van der Waals surface area (Å²) in [6, 6.07) is 14.6. The van der Waals surface area contributed by atoms with Gasteiger partial charge in [-0.1, -0.05) is 6.07 Å². The molecule has 5 nitrogen and oxygen atoms in total. The summed E-state index contributed by atoms with van der Waals surface area (Å²) in [6.45, 7) is 0. The lowest BCUT2D eigenvalue weighted by Crippen LogP contribution is -2.11. The van der Waals surface area contributed by atoms with Gasteiger partial charge in [0.05, 0.1) is 16.9 Å². The van der Waals surface area contributed by atoms with E-state index in [-0.39, 0.29) is 0 Å². The van der Waals surface area contributed by atoms with Crippen LogP contribution in [-0.2, 0) is 0 Å². The number of hydrogen-bond donors (Lipinski definition) is 3. The molecule has 1 heterocycles. The fourth-order valence-electron chi connectivity index (χ4n) is 2.13. The molecule has 3 rings (SSSR count). The zero-order valence-corrected chi connectivity index (χ0v) is 11.2. The van der Waals surface area contributed by atoms with Gasteiger partial charge in [0.25, 0.3) is 0 Å². The number of primary amides is 1. The predicted molar refractivity (Wildman–Crippen MR) is 84.4 cm³/mol. The van der Waals surface area contributed by atoms with E-state index < -0.39 is 5.91 Å². The van der Waals surface area contributed by atoms with Gasteiger partial charge in [-0.25, -0.2) is 0 Å². The van der Waals surface area contributed by atoms with Gasteiger partial charge in [0.2, 0.25) is 5.91 Å². The van der Waals surface area contributed by atoms with Crippen LogP contribution in [0.25, 0.3) is 10.9 Å². The Hall–Kier alpha value is -3.08. The SMILES string of the molecule is NC(=O)c1ccc(N)c(Nc2ccc3ncccc3c2)c1. The zero-order valence-electron chi connectivity index (χ0n) is 11.2. The van der Waals surface area contributed by atoms with Crippen molar-refractivity contribution in [2.75, 3.05) is 11.1 Å². The summed E-state index contributed by atoms with van der Waals surface area (Å²) in [7, 11) is 0. The lowest BCUT2D eigenvalue weighted by molar-refractivity contribution is 0.100. The molecule has 104 valence electrons. The molecule has 0 saturated carbocycles. The Bertz CT molecular complexity index is 829. The second-order valence-corrected chi connectivity index (χ2v) is 4.70. The van der Waals surface area contributed by atoms with E-state index in [9.17, 15) is 4.79 Å². The second kappa shape index (κ2) is 5.13. The van der Waals surface area contributed by atoms with Gasteiger partial charge in [0.15, 0.2) is 0 Å². The Morgan fingerprint density at radius 1 is 1.10 bits per heavy atom. The van der Waals surface area contributed by atoms with Gasteiger partial charge in [-0.15, -0.1) is 0 Å². The van der Waals surface area contributed by atoms with Crippen LogP contribution in [0.2, 0.25) is 0 Å². The molecule has 5 heteroatoms. The summed E-state index contributed by atoms with van der Waals surface area (Å²) in [5.74, 6) is -0.485. The molecule has 0 aliphatic carbocycles. The van der Waals surface area contributed by atoms with Crippen molar-refractivity contribution in [2.24, 2.45) is 5.73 Å². The smallest absolute Gasteiger partial charge is 0.248 e. The lowest BCUT2D eigenvalue weighted by Gasteiger charge is -2.11. The molecule has 0 aliphatic rings. The molecule has 0 fully saturated rings. The lowest BCUT2D eigenvalue weighted by atomic mass is 10.1. The maximum absolute atomic E-state index is 11.2. The summed E-state index contributed by atoms with van der Waals surface area (Å²) in [5, 5.41) is 4.22. The molecule has 0 saturated heterocycles. The van der Waals surface area contributed by atoms with Crippen LogP contribution in [0.3, 0.4) is 0 Å². The molecular weight excluding hydrogens is 264 g/mol. The third-order valence-corrected chi connectivity index (χ3v) is 3.22. The minimum atomic E-state index is -0.485. The van der Waals surface area contributed by atoms with Gasteiger partial charge >= 0.3 is 0 Å². The fraction of sp³-hybridized carbons (Fsp3) is 0.